The van der Waals surface area contributed by atoms with Crippen LogP contribution >= 0.6 is 0 Å². The predicted molar refractivity (Wildman–Crippen MR) is 87.2 cm³/mol. The van der Waals surface area contributed by atoms with Gasteiger partial charge in [-0.25, -0.2) is 18.1 Å². The zero-order chi connectivity index (χ0) is 18.8. The van der Waals surface area contributed by atoms with Gasteiger partial charge in [0.05, 0.1) is 4.90 Å². The first kappa shape index (κ1) is 18.3. The van der Waals surface area contributed by atoms with Gasteiger partial charge < -0.3 is 5.32 Å². The van der Waals surface area contributed by atoms with E-state index >= 15 is 0 Å². The van der Waals surface area contributed by atoms with E-state index in [-0.39, 0.29) is 17.1 Å². The standard InChI is InChI=1S/C15H15N3O6S/c1-3-7-17-13(20)14(21)18(15(17)22)9-12(19)16-10-5-4-6-11(8-10)25(2,23)24/h3-6,8H,1,7,9H2,2H3,(H,16,19). The van der Waals surface area contributed by atoms with E-state index in [1.807, 2.05) is 0 Å². The van der Waals surface area contributed by atoms with Gasteiger partial charge >= 0.3 is 17.8 Å². The molecule has 2 rings (SSSR count). The Bertz CT molecular complexity index is 877. The molecule has 1 aromatic rings. The average molecular weight is 365 g/mol. The van der Waals surface area contributed by atoms with Gasteiger partial charge in [0, 0.05) is 18.5 Å². The first-order valence-corrected chi connectivity index (χ1v) is 8.92. The zero-order valence-electron chi connectivity index (χ0n) is 13.3. The number of rotatable bonds is 6. The van der Waals surface area contributed by atoms with Crippen molar-refractivity contribution in [2.45, 2.75) is 4.90 Å². The number of sulfone groups is 1. The molecule has 1 aliphatic heterocycles. The van der Waals surface area contributed by atoms with Crippen molar-refractivity contribution in [3.63, 3.8) is 0 Å². The minimum atomic E-state index is -3.45. The summed E-state index contributed by atoms with van der Waals surface area (Å²) in [6.07, 6.45) is 2.30. The second kappa shape index (κ2) is 6.85. The molecule has 1 aliphatic rings. The molecule has 5 amide bonds. The van der Waals surface area contributed by atoms with Gasteiger partial charge in [-0.15, -0.1) is 6.58 Å². The highest BCUT2D eigenvalue weighted by atomic mass is 32.2. The topological polar surface area (TPSA) is 121 Å². The van der Waals surface area contributed by atoms with E-state index in [0.717, 1.165) is 6.26 Å². The lowest BCUT2D eigenvalue weighted by Gasteiger charge is -2.14. The van der Waals surface area contributed by atoms with Crippen molar-refractivity contribution < 1.29 is 27.6 Å². The first-order chi connectivity index (χ1) is 11.6. The van der Waals surface area contributed by atoms with Crippen LogP contribution in [0.1, 0.15) is 0 Å². The Hall–Kier alpha value is -3.01. The third-order valence-electron chi connectivity index (χ3n) is 3.29. The Labute approximate surface area is 143 Å². The summed E-state index contributed by atoms with van der Waals surface area (Å²) in [7, 11) is -3.45. The molecule has 0 bridgehead atoms. The SMILES string of the molecule is C=CCN1C(=O)C(=O)N(CC(=O)Nc2cccc(S(C)(=O)=O)c2)C1=O. The fourth-order valence-electron chi connectivity index (χ4n) is 2.13. The Morgan fingerprint density at radius 1 is 1.20 bits per heavy atom. The van der Waals surface area contributed by atoms with Gasteiger partial charge in [-0.1, -0.05) is 12.1 Å². The molecule has 132 valence electrons. The van der Waals surface area contributed by atoms with Gasteiger partial charge in [-0.2, -0.15) is 0 Å². The van der Waals surface area contributed by atoms with Gasteiger partial charge in [0.1, 0.15) is 6.54 Å². The average Bonchev–Trinajstić information content (AvgIpc) is 2.72. The summed E-state index contributed by atoms with van der Waals surface area (Å²) < 4.78 is 23.0. The molecule has 0 unspecified atom stereocenters. The van der Waals surface area contributed by atoms with Crippen LogP contribution in [0.15, 0.2) is 41.8 Å². The molecule has 25 heavy (non-hydrogen) atoms. The molecule has 1 aromatic carbocycles. The minimum absolute atomic E-state index is 0.00552. The summed E-state index contributed by atoms with van der Waals surface area (Å²) in [6.45, 7) is 2.58. The van der Waals surface area contributed by atoms with Crippen molar-refractivity contribution >= 4 is 39.3 Å². The first-order valence-electron chi connectivity index (χ1n) is 7.03. The minimum Gasteiger partial charge on any atom is -0.324 e. The summed E-state index contributed by atoms with van der Waals surface area (Å²) in [5.41, 5.74) is 0.182. The predicted octanol–water partition coefficient (Wildman–Crippen LogP) is 0.00540. The lowest BCUT2D eigenvalue weighted by atomic mass is 10.3. The molecule has 1 saturated heterocycles. The molecule has 1 N–H and O–H groups in total. The number of anilines is 1. The lowest BCUT2D eigenvalue weighted by molar-refractivity contribution is -0.143. The van der Waals surface area contributed by atoms with Crippen LogP contribution in [0.2, 0.25) is 0 Å². The molecular formula is C15H15N3O6S. The van der Waals surface area contributed by atoms with Gasteiger partial charge in [-0.05, 0) is 18.2 Å². The van der Waals surface area contributed by atoms with Gasteiger partial charge in [0.25, 0.3) is 0 Å². The third-order valence-corrected chi connectivity index (χ3v) is 4.40. The Balaban J connectivity index is 2.11. The van der Waals surface area contributed by atoms with E-state index in [0.29, 0.717) is 9.80 Å². The molecular weight excluding hydrogens is 350 g/mol. The normalized spacial score (nSPS) is 14.8. The number of imide groups is 2. The van der Waals surface area contributed by atoms with Crippen LogP contribution in [0.25, 0.3) is 0 Å². The number of urea groups is 1. The molecule has 0 aromatic heterocycles. The molecule has 1 fully saturated rings. The smallest absolute Gasteiger partial charge is 0.324 e. The number of hydrogen-bond acceptors (Lipinski definition) is 6. The van der Waals surface area contributed by atoms with Crippen LogP contribution in [0.4, 0.5) is 10.5 Å². The highest BCUT2D eigenvalue weighted by Gasteiger charge is 2.44. The fraction of sp³-hybridized carbons (Fsp3) is 0.200. The fourth-order valence-corrected chi connectivity index (χ4v) is 2.80. The molecule has 10 heteroatoms. The molecule has 0 atom stereocenters. The summed E-state index contributed by atoms with van der Waals surface area (Å²) in [4.78, 5) is 48.7. The number of amides is 5. The van der Waals surface area contributed by atoms with E-state index in [1.165, 1.54) is 30.3 Å². The van der Waals surface area contributed by atoms with Crippen molar-refractivity contribution in [1.82, 2.24) is 9.80 Å². The molecule has 0 saturated carbocycles. The highest BCUT2D eigenvalue weighted by Crippen LogP contribution is 2.16. The van der Waals surface area contributed by atoms with Crippen molar-refractivity contribution in [3.05, 3.63) is 36.9 Å². The maximum atomic E-state index is 12.0. The summed E-state index contributed by atoms with van der Waals surface area (Å²) in [5.74, 6) is -2.88. The van der Waals surface area contributed by atoms with E-state index < -0.39 is 40.1 Å². The van der Waals surface area contributed by atoms with Gasteiger partial charge in [0.15, 0.2) is 9.84 Å². The number of carbonyl (C=O) groups excluding carboxylic acids is 4. The monoisotopic (exact) mass is 365 g/mol. The Kier molecular flexibility index (Phi) is 5.02. The highest BCUT2D eigenvalue weighted by molar-refractivity contribution is 7.90. The molecule has 0 radical (unpaired) electrons. The molecule has 9 nitrogen and oxygen atoms in total. The quantitative estimate of drug-likeness (QED) is 0.430. The van der Waals surface area contributed by atoms with Crippen LogP contribution in [-0.4, -0.2) is 61.3 Å². The zero-order valence-corrected chi connectivity index (χ0v) is 14.1. The second-order valence-electron chi connectivity index (χ2n) is 5.23. The van der Waals surface area contributed by atoms with Crippen LogP contribution in [0, 0.1) is 0 Å². The third kappa shape index (κ3) is 3.91. The van der Waals surface area contributed by atoms with E-state index in [2.05, 4.69) is 11.9 Å². The Morgan fingerprint density at radius 3 is 2.44 bits per heavy atom. The van der Waals surface area contributed by atoms with Crippen LogP contribution in [0.5, 0.6) is 0 Å². The Morgan fingerprint density at radius 2 is 1.84 bits per heavy atom. The van der Waals surface area contributed by atoms with Gasteiger partial charge in [-0.3, -0.25) is 19.3 Å². The van der Waals surface area contributed by atoms with E-state index in [9.17, 15) is 27.6 Å². The molecule has 1 heterocycles. The molecule has 0 aliphatic carbocycles. The van der Waals surface area contributed by atoms with Crippen LogP contribution in [-0.2, 0) is 24.2 Å². The van der Waals surface area contributed by atoms with Crippen molar-refractivity contribution in [1.29, 1.82) is 0 Å². The maximum absolute atomic E-state index is 12.0. The summed E-state index contributed by atoms with van der Waals surface area (Å²) in [6, 6.07) is 4.60. The number of nitrogens with one attached hydrogen (secondary N) is 1. The largest absolute Gasteiger partial charge is 0.335 e. The summed E-state index contributed by atoms with van der Waals surface area (Å²) >= 11 is 0. The van der Waals surface area contributed by atoms with Crippen LogP contribution < -0.4 is 5.32 Å². The van der Waals surface area contributed by atoms with Gasteiger partial charge in [0.2, 0.25) is 5.91 Å². The number of hydrogen-bond donors (Lipinski definition) is 1. The van der Waals surface area contributed by atoms with Crippen molar-refractivity contribution in [2.24, 2.45) is 0 Å². The van der Waals surface area contributed by atoms with E-state index in [4.69, 9.17) is 0 Å². The number of carbonyl (C=O) groups is 4. The maximum Gasteiger partial charge on any atom is 0.335 e. The van der Waals surface area contributed by atoms with E-state index in [1.54, 1.807) is 0 Å². The second-order valence-corrected chi connectivity index (χ2v) is 7.24. The van der Waals surface area contributed by atoms with Crippen molar-refractivity contribution in [2.75, 3.05) is 24.7 Å². The number of nitrogens with zero attached hydrogens (tertiary/aromatic N) is 2. The van der Waals surface area contributed by atoms with Crippen LogP contribution in [0.3, 0.4) is 0 Å². The lowest BCUT2D eigenvalue weighted by Crippen LogP contribution is -2.39. The number of benzene rings is 1. The molecule has 0 spiro atoms. The summed E-state index contributed by atoms with van der Waals surface area (Å²) in [5, 5.41) is 2.38. The van der Waals surface area contributed by atoms with Crippen molar-refractivity contribution in [3.8, 4) is 0 Å².